The topological polar surface area (TPSA) is 92.7 Å². The molecule has 3 unspecified atom stereocenters. The van der Waals surface area contributed by atoms with Gasteiger partial charge in [0, 0.05) is 5.75 Å². The van der Waals surface area contributed by atoms with E-state index in [9.17, 15) is 18.3 Å². The van der Waals surface area contributed by atoms with Gasteiger partial charge in [-0.15, -0.1) is 23.5 Å². The molecule has 1 heterocycles. The van der Waals surface area contributed by atoms with Crippen LogP contribution in [-0.4, -0.2) is 42.6 Å². The summed E-state index contributed by atoms with van der Waals surface area (Å²) < 4.78 is 35.0. The van der Waals surface area contributed by atoms with Crippen molar-refractivity contribution >= 4 is 39.5 Å². The predicted molar refractivity (Wildman–Crippen MR) is 173 cm³/mol. The summed E-state index contributed by atoms with van der Waals surface area (Å²) in [5.74, 6) is -0.588. The summed E-state index contributed by atoms with van der Waals surface area (Å²) in [4.78, 5) is 13.5. The number of nitrogens with one attached hydrogen (secondary N) is 1. The molecule has 0 saturated carbocycles. The van der Waals surface area contributed by atoms with Gasteiger partial charge >= 0.3 is 5.97 Å². The van der Waals surface area contributed by atoms with Gasteiger partial charge < -0.3 is 9.84 Å². The van der Waals surface area contributed by atoms with E-state index in [2.05, 4.69) is 4.72 Å². The molecule has 2 N–H and O–H groups in total. The standard InChI is InChI=1S/C34H29NO5S3/c36-33(37)28(35-43(38,39)27-20-21-32-30(22-27)40-29-18-10-11-19-31(29)42-32)23-41-34(24-12-4-1-5-13-24,25-14-6-2-7-15-25)26-16-8-3-9-17-26/h1-22,28,30,32,35H,23H2,(H,36,37). The number of rotatable bonds is 10. The number of allylic oxidation sites excluding steroid dienone is 1. The Kier molecular flexibility index (Phi) is 8.50. The number of benzene rings is 4. The Labute approximate surface area is 259 Å². The molecule has 6 nitrogen and oxygen atoms in total. The smallest absolute Gasteiger partial charge is 0.322 e. The molecular formula is C34H29NO5S3. The molecule has 9 heteroatoms. The molecule has 0 fully saturated rings. The second kappa shape index (κ2) is 12.5. The van der Waals surface area contributed by atoms with Crippen molar-refractivity contribution in [3.05, 3.63) is 155 Å². The fraction of sp³-hybridized carbons (Fsp3) is 0.147. The number of ether oxygens (including phenoxy) is 1. The molecule has 0 bridgehead atoms. The third kappa shape index (κ3) is 6.03. The zero-order valence-corrected chi connectivity index (χ0v) is 25.4. The third-order valence-corrected chi connectivity index (χ3v) is 11.8. The highest BCUT2D eigenvalue weighted by Gasteiger charge is 2.40. The van der Waals surface area contributed by atoms with E-state index in [0.29, 0.717) is 5.75 Å². The molecule has 0 aromatic heterocycles. The van der Waals surface area contributed by atoms with E-state index < -0.39 is 32.9 Å². The zero-order chi connectivity index (χ0) is 29.9. The molecule has 0 amide bonds. The highest BCUT2D eigenvalue weighted by atomic mass is 32.2. The molecule has 0 spiro atoms. The van der Waals surface area contributed by atoms with Gasteiger partial charge in [0.25, 0.3) is 0 Å². The van der Waals surface area contributed by atoms with Crippen LogP contribution in [0.25, 0.3) is 0 Å². The maximum atomic E-state index is 13.6. The lowest BCUT2D eigenvalue weighted by molar-refractivity contribution is -0.138. The molecule has 0 radical (unpaired) electrons. The van der Waals surface area contributed by atoms with E-state index in [-0.39, 0.29) is 15.9 Å². The molecule has 0 saturated heterocycles. The Morgan fingerprint density at radius 2 is 1.40 bits per heavy atom. The van der Waals surface area contributed by atoms with E-state index in [0.717, 1.165) is 21.6 Å². The van der Waals surface area contributed by atoms with Crippen LogP contribution >= 0.6 is 23.5 Å². The number of para-hydroxylation sites is 1. The van der Waals surface area contributed by atoms with Gasteiger partial charge in [-0.3, -0.25) is 4.79 Å². The summed E-state index contributed by atoms with van der Waals surface area (Å²) in [6.07, 6.45) is 4.40. The molecule has 4 aromatic carbocycles. The van der Waals surface area contributed by atoms with Gasteiger partial charge in [0.2, 0.25) is 10.0 Å². The van der Waals surface area contributed by atoms with Crippen LogP contribution in [0.1, 0.15) is 16.7 Å². The van der Waals surface area contributed by atoms with Crippen LogP contribution in [0.2, 0.25) is 0 Å². The van der Waals surface area contributed by atoms with Crippen molar-refractivity contribution in [1.29, 1.82) is 0 Å². The van der Waals surface area contributed by atoms with Crippen LogP contribution in [0.3, 0.4) is 0 Å². The van der Waals surface area contributed by atoms with E-state index in [1.807, 2.05) is 115 Å². The summed E-state index contributed by atoms with van der Waals surface area (Å²) in [6, 6.07) is 35.9. The molecule has 6 rings (SSSR count). The number of hydrogen-bond donors (Lipinski definition) is 2. The summed E-state index contributed by atoms with van der Waals surface area (Å²) in [6.45, 7) is 0. The number of carboxylic acid groups (broad SMARTS) is 1. The van der Waals surface area contributed by atoms with Gasteiger partial charge in [0.05, 0.1) is 19.8 Å². The van der Waals surface area contributed by atoms with Gasteiger partial charge in [-0.1, -0.05) is 109 Å². The monoisotopic (exact) mass is 627 g/mol. The second-order valence-electron chi connectivity index (χ2n) is 10.1. The number of carbonyl (C=O) groups is 1. The van der Waals surface area contributed by atoms with Crippen molar-refractivity contribution in [2.45, 2.75) is 27.0 Å². The van der Waals surface area contributed by atoms with Crippen molar-refractivity contribution in [3.8, 4) is 5.75 Å². The number of fused-ring (bicyclic) bond motifs is 2. The lowest BCUT2D eigenvalue weighted by Gasteiger charge is -2.36. The number of thioether (sulfide) groups is 2. The minimum Gasteiger partial charge on any atom is -0.484 e. The molecule has 43 heavy (non-hydrogen) atoms. The van der Waals surface area contributed by atoms with Crippen LogP contribution < -0.4 is 9.46 Å². The predicted octanol–water partition coefficient (Wildman–Crippen LogP) is 6.46. The zero-order valence-electron chi connectivity index (χ0n) is 22.9. The number of aliphatic carboxylic acids is 1. The summed E-state index contributed by atoms with van der Waals surface area (Å²) in [5.41, 5.74) is 2.88. The first kappa shape index (κ1) is 29.3. The fourth-order valence-electron chi connectivity index (χ4n) is 5.32. The van der Waals surface area contributed by atoms with Gasteiger partial charge in [0.1, 0.15) is 17.9 Å². The Morgan fingerprint density at radius 3 is 1.95 bits per heavy atom. The van der Waals surface area contributed by atoms with Gasteiger partial charge in [-0.25, -0.2) is 8.42 Å². The number of carboxylic acids is 1. The average Bonchev–Trinajstić information content (AvgIpc) is 3.04. The summed E-state index contributed by atoms with van der Waals surface area (Å²) in [5, 5.41) is 10.2. The van der Waals surface area contributed by atoms with Crippen LogP contribution in [0.15, 0.2) is 143 Å². The highest BCUT2D eigenvalue weighted by molar-refractivity contribution is 8.01. The van der Waals surface area contributed by atoms with Crippen molar-refractivity contribution in [2.24, 2.45) is 0 Å². The normalized spacial score (nSPS) is 18.5. The first-order chi connectivity index (χ1) is 20.9. The Bertz CT molecular complexity index is 1660. The lowest BCUT2D eigenvalue weighted by Crippen LogP contribution is -2.44. The van der Waals surface area contributed by atoms with Gasteiger partial charge in [-0.2, -0.15) is 4.72 Å². The van der Waals surface area contributed by atoms with Crippen LogP contribution in [0, 0.1) is 0 Å². The van der Waals surface area contributed by atoms with Gasteiger partial charge in [0.15, 0.2) is 0 Å². The first-order valence-electron chi connectivity index (χ1n) is 13.7. The molecule has 2 aliphatic rings. The van der Waals surface area contributed by atoms with E-state index in [1.54, 1.807) is 23.9 Å². The first-order valence-corrected chi connectivity index (χ1v) is 17.1. The maximum absolute atomic E-state index is 13.6. The highest BCUT2D eigenvalue weighted by Crippen LogP contribution is 2.49. The summed E-state index contributed by atoms with van der Waals surface area (Å²) in [7, 11) is -4.18. The lowest BCUT2D eigenvalue weighted by atomic mass is 9.84. The largest absolute Gasteiger partial charge is 0.484 e. The number of sulfonamides is 1. The fourth-order valence-corrected chi connectivity index (χ4v) is 9.35. The molecule has 4 aromatic rings. The van der Waals surface area contributed by atoms with Crippen LogP contribution in [0.4, 0.5) is 0 Å². The maximum Gasteiger partial charge on any atom is 0.322 e. The molecule has 1 aliphatic heterocycles. The SMILES string of the molecule is O=C(O)C(CSC(c1ccccc1)(c1ccccc1)c1ccccc1)NS(=O)(=O)C1=CC2Oc3ccccc3SC2C=C1. The quantitative estimate of drug-likeness (QED) is 0.195. The third-order valence-electron chi connectivity index (χ3n) is 7.39. The minimum atomic E-state index is -4.18. The van der Waals surface area contributed by atoms with E-state index >= 15 is 0 Å². The van der Waals surface area contributed by atoms with Crippen LogP contribution in [0.5, 0.6) is 5.75 Å². The summed E-state index contributed by atoms with van der Waals surface area (Å²) >= 11 is 3.00. The van der Waals surface area contributed by atoms with Crippen molar-refractivity contribution in [1.82, 2.24) is 4.72 Å². The van der Waals surface area contributed by atoms with Crippen molar-refractivity contribution in [2.75, 3.05) is 5.75 Å². The Morgan fingerprint density at radius 1 is 0.860 bits per heavy atom. The molecule has 1 aliphatic carbocycles. The van der Waals surface area contributed by atoms with Crippen molar-refractivity contribution < 1.29 is 23.1 Å². The average molecular weight is 628 g/mol. The second-order valence-corrected chi connectivity index (χ2v) is 14.3. The van der Waals surface area contributed by atoms with E-state index in [4.69, 9.17) is 4.74 Å². The van der Waals surface area contributed by atoms with Crippen LogP contribution in [-0.2, 0) is 19.6 Å². The van der Waals surface area contributed by atoms with Gasteiger partial charge in [-0.05, 0) is 41.0 Å². The Balaban J connectivity index is 1.30. The minimum absolute atomic E-state index is 0.00887. The molecule has 3 atom stereocenters. The van der Waals surface area contributed by atoms with Crippen molar-refractivity contribution in [3.63, 3.8) is 0 Å². The molecule has 218 valence electrons. The number of hydrogen-bond acceptors (Lipinski definition) is 6. The van der Waals surface area contributed by atoms with E-state index in [1.165, 1.54) is 17.8 Å². The Hall–Kier alpha value is -3.76. The molecular weight excluding hydrogens is 599 g/mol.